The van der Waals surface area contributed by atoms with E-state index in [0.717, 1.165) is 25.7 Å². The Morgan fingerprint density at radius 1 is 1.64 bits per heavy atom. The first-order valence-electron chi connectivity index (χ1n) is 4.59. The van der Waals surface area contributed by atoms with Gasteiger partial charge in [0.05, 0.1) is 12.7 Å². The van der Waals surface area contributed by atoms with Crippen LogP contribution in [0.5, 0.6) is 0 Å². The number of hydrogen-bond donors (Lipinski definition) is 0. The summed E-state index contributed by atoms with van der Waals surface area (Å²) < 4.78 is 5.46. The topological polar surface area (TPSA) is 12.5 Å². The van der Waals surface area contributed by atoms with Crippen LogP contribution in [0.3, 0.4) is 0 Å². The summed E-state index contributed by atoms with van der Waals surface area (Å²) in [5, 5.41) is 0. The monoisotopic (exact) mass is 157 g/mol. The highest BCUT2D eigenvalue weighted by Gasteiger charge is 2.19. The van der Waals surface area contributed by atoms with E-state index in [0.29, 0.717) is 6.10 Å². The molecule has 1 heterocycles. The molecule has 1 aliphatic heterocycles. The smallest absolute Gasteiger partial charge is 0.0674 e. The highest BCUT2D eigenvalue weighted by molar-refractivity contribution is 4.72. The highest BCUT2D eigenvalue weighted by Crippen LogP contribution is 2.09. The van der Waals surface area contributed by atoms with Crippen molar-refractivity contribution < 1.29 is 4.74 Å². The molecule has 0 unspecified atom stereocenters. The van der Waals surface area contributed by atoms with Gasteiger partial charge in [0.15, 0.2) is 0 Å². The summed E-state index contributed by atoms with van der Waals surface area (Å²) in [7, 11) is 0. The molecule has 0 aromatic rings. The van der Waals surface area contributed by atoms with Crippen molar-refractivity contribution in [2.45, 2.75) is 39.3 Å². The van der Waals surface area contributed by atoms with E-state index in [2.05, 4.69) is 25.7 Å². The number of morpholine rings is 1. The lowest BCUT2D eigenvalue weighted by molar-refractivity contribution is -0.0318. The molecule has 0 amide bonds. The quantitative estimate of drug-likeness (QED) is 0.602. The van der Waals surface area contributed by atoms with Gasteiger partial charge in [-0.1, -0.05) is 6.92 Å². The predicted molar refractivity (Wildman–Crippen MR) is 46.7 cm³/mol. The van der Waals surface area contributed by atoms with Gasteiger partial charge in [0.25, 0.3) is 0 Å². The zero-order chi connectivity index (χ0) is 8.27. The third-order valence-electron chi connectivity index (χ3n) is 2.49. The van der Waals surface area contributed by atoms with Crippen molar-refractivity contribution in [1.29, 1.82) is 0 Å². The van der Waals surface area contributed by atoms with Crippen molar-refractivity contribution in [3.63, 3.8) is 0 Å². The van der Waals surface area contributed by atoms with Gasteiger partial charge < -0.3 is 4.74 Å². The first-order valence-corrected chi connectivity index (χ1v) is 4.59. The predicted octanol–water partition coefficient (Wildman–Crippen LogP) is 1.51. The lowest BCUT2D eigenvalue weighted by Crippen LogP contribution is -2.45. The molecule has 0 spiro atoms. The number of ether oxygens (including phenoxy) is 1. The molecule has 11 heavy (non-hydrogen) atoms. The molecule has 0 aliphatic carbocycles. The number of nitrogens with zero attached hydrogens (tertiary/aromatic N) is 1. The Balaban J connectivity index is 2.33. The molecule has 1 fully saturated rings. The van der Waals surface area contributed by atoms with Crippen LogP contribution in [0.1, 0.15) is 27.2 Å². The molecule has 2 heteroatoms. The number of hydrogen-bond acceptors (Lipinski definition) is 2. The van der Waals surface area contributed by atoms with Gasteiger partial charge in [-0.15, -0.1) is 0 Å². The average molecular weight is 157 g/mol. The van der Waals surface area contributed by atoms with Crippen LogP contribution >= 0.6 is 0 Å². The van der Waals surface area contributed by atoms with Crippen molar-refractivity contribution in [3.8, 4) is 0 Å². The van der Waals surface area contributed by atoms with Gasteiger partial charge in [0.1, 0.15) is 0 Å². The standard InChI is InChI=1S/C9H19NO/c1-4-8(2)10-5-6-11-9(3)7-10/h8-9H,4-7H2,1-3H3/t8-,9-/m1/s1. The first-order chi connectivity index (χ1) is 5.24. The molecule has 1 rings (SSSR count). The van der Waals surface area contributed by atoms with Crippen LogP contribution in [0.4, 0.5) is 0 Å². The second kappa shape index (κ2) is 4.07. The van der Waals surface area contributed by atoms with Crippen LogP contribution in [-0.2, 0) is 4.74 Å². The molecule has 0 aromatic carbocycles. The Morgan fingerprint density at radius 3 is 2.91 bits per heavy atom. The van der Waals surface area contributed by atoms with Crippen LogP contribution in [0, 0.1) is 0 Å². The van der Waals surface area contributed by atoms with E-state index in [9.17, 15) is 0 Å². The maximum absolute atomic E-state index is 5.46. The zero-order valence-corrected chi connectivity index (χ0v) is 7.84. The molecule has 66 valence electrons. The minimum atomic E-state index is 0.428. The average Bonchev–Trinajstić information content (AvgIpc) is 2.03. The van der Waals surface area contributed by atoms with E-state index < -0.39 is 0 Å². The Bertz CT molecular complexity index is 116. The van der Waals surface area contributed by atoms with Crippen LogP contribution in [0.25, 0.3) is 0 Å². The summed E-state index contributed by atoms with van der Waals surface area (Å²) in [6, 6.07) is 0.723. The maximum Gasteiger partial charge on any atom is 0.0674 e. The van der Waals surface area contributed by atoms with E-state index >= 15 is 0 Å². The lowest BCUT2D eigenvalue weighted by atomic mass is 10.2. The molecule has 1 aliphatic rings. The molecule has 0 bridgehead atoms. The van der Waals surface area contributed by atoms with E-state index in [-0.39, 0.29) is 0 Å². The maximum atomic E-state index is 5.46. The summed E-state index contributed by atoms with van der Waals surface area (Å²) in [6.45, 7) is 9.80. The van der Waals surface area contributed by atoms with E-state index in [1.165, 1.54) is 6.42 Å². The van der Waals surface area contributed by atoms with E-state index in [4.69, 9.17) is 4.74 Å². The SMILES string of the molecule is CC[C@@H](C)N1CCO[C@H](C)C1. The van der Waals surface area contributed by atoms with Gasteiger partial charge in [0.2, 0.25) is 0 Å². The second-order valence-electron chi connectivity index (χ2n) is 3.43. The minimum Gasteiger partial charge on any atom is -0.376 e. The molecular weight excluding hydrogens is 138 g/mol. The fourth-order valence-corrected chi connectivity index (χ4v) is 1.50. The lowest BCUT2D eigenvalue weighted by Gasteiger charge is -2.35. The highest BCUT2D eigenvalue weighted by atomic mass is 16.5. The van der Waals surface area contributed by atoms with Gasteiger partial charge in [-0.3, -0.25) is 4.90 Å². The van der Waals surface area contributed by atoms with Crippen molar-refractivity contribution >= 4 is 0 Å². The molecule has 0 aromatic heterocycles. The molecule has 0 N–H and O–H groups in total. The molecular formula is C9H19NO. The van der Waals surface area contributed by atoms with Gasteiger partial charge in [-0.25, -0.2) is 0 Å². The molecule has 0 saturated carbocycles. The fourth-order valence-electron chi connectivity index (χ4n) is 1.50. The second-order valence-corrected chi connectivity index (χ2v) is 3.43. The van der Waals surface area contributed by atoms with Crippen molar-refractivity contribution in [3.05, 3.63) is 0 Å². The van der Waals surface area contributed by atoms with Crippen molar-refractivity contribution in [2.24, 2.45) is 0 Å². The molecule has 2 atom stereocenters. The summed E-state index contributed by atoms with van der Waals surface area (Å²) in [6.07, 6.45) is 1.67. The molecule has 2 nitrogen and oxygen atoms in total. The third kappa shape index (κ3) is 2.46. The normalized spacial score (nSPS) is 30.3. The number of rotatable bonds is 2. The summed E-state index contributed by atoms with van der Waals surface area (Å²) in [5.41, 5.74) is 0. The van der Waals surface area contributed by atoms with Crippen LogP contribution in [0.2, 0.25) is 0 Å². The summed E-state index contributed by atoms with van der Waals surface area (Å²) >= 11 is 0. The van der Waals surface area contributed by atoms with E-state index in [1.54, 1.807) is 0 Å². The van der Waals surface area contributed by atoms with Gasteiger partial charge in [0, 0.05) is 19.1 Å². The minimum absolute atomic E-state index is 0.428. The summed E-state index contributed by atoms with van der Waals surface area (Å²) in [4.78, 5) is 2.51. The third-order valence-corrected chi connectivity index (χ3v) is 2.49. The first kappa shape index (κ1) is 9.01. The van der Waals surface area contributed by atoms with Crippen molar-refractivity contribution in [1.82, 2.24) is 4.90 Å². The van der Waals surface area contributed by atoms with Gasteiger partial charge in [-0.05, 0) is 20.3 Å². The molecule has 0 radical (unpaired) electrons. The largest absolute Gasteiger partial charge is 0.376 e. The Kier molecular flexibility index (Phi) is 3.34. The van der Waals surface area contributed by atoms with Crippen LogP contribution in [-0.4, -0.2) is 36.7 Å². The molecule has 1 saturated heterocycles. The van der Waals surface area contributed by atoms with E-state index in [1.807, 2.05) is 0 Å². The Labute approximate surface area is 69.5 Å². The van der Waals surface area contributed by atoms with Crippen molar-refractivity contribution in [2.75, 3.05) is 19.7 Å². The van der Waals surface area contributed by atoms with Crippen LogP contribution in [0.15, 0.2) is 0 Å². The van der Waals surface area contributed by atoms with Gasteiger partial charge in [-0.2, -0.15) is 0 Å². The zero-order valence-electron chi connectivity index (χ0n) is 7.84. The fraction of sp³-hybridized carbons (Fsp3) is 1.00. The van der Waals surface area contributed by atoms with Gasteiger partial charge >= 0.3 is 0 Å². The Hall–Kier alpha value is -0.0800. The van der Waals surface area contributed by atoms with Crippen LogP contribution < -0.4 is 0 Å². The summed E-state index contributed by atoms with van der Waals surface area (Å²) in [5.74, 6) is 0. The Morgan fingerprint density at radius 2 is 2.36 bits per heavy atom.